The van der Waals surface area contributed by atoms with Crippen LogP contribution in [0.25, 0.3) is 11.5 Å². The van der Waals surface area contributed by atoms with Crippen LogP contribution in [0, 0.1) is 0 Å². The fraction of sp³-hybridized carbons (Fsp3) is 0.125. The summed E-state index contributed by atoms with van der Waals surface area (Å²) in [7, 11) is 3.93. The first-order valence-corrected chi connectivity index (χ1v) is 6.81. The molecular weight excluding hydrogens is 280 g/mol. The third kappa shape index (κ3) is 2.85. The largest absolute Gasteiger partial charge is 0.463 e. The highest BCUT2D eigenvalue weighted by Gasteiger charge is 2.13. The van der Waals surface area contributed by atoms with E-state index in [4.69, 9.17) is 4.42 Å². The number of hydrogen-bond donors (Lipinski definition) is 2. The maximum atomic E-state index is 12.2. The fourth-order valence-electron chi connectivity index (χ4n) is 2.03. The lowest BCUT2D eigenvalue weighted by molar-refractivity contribution is 0.102. The molecule has 2 aromatic heterocycles. The lowest BCUT2D eigenvalue weighted by Crippen LogP contribution is -2.13. The Morgan fingerprint density at radius 2 is 2.00 bits per heavy atom. The molecule has 0 radical (unpaired) electrons. The number of furan rings is 1. The fourth-order valence-corrected chi connectivity index (χ4v) is 2.03. The summed E-state index contributed by atoms with van der Waals surface area (Å²) in [4.78, 5) is 14.2. The highest BCUT2D eigenvalue weighted by Crippen LogP contribution is 2.19. The van der Waals surface area contributed by atoms with Crippen LogP contribution in [0.2, 0.25) is 0 Å². The van der Waals surface area contributed by atoms with Crippen molar-refractivity contribution in [1.82, 2.24) is 10.2 Å². The lowest BCUT2D eigenvalue weighted by atomic mass is 10.2. The van der Waals surface area contributed by atoms with Crippen molar-refractivity contribution < 1.29 is 9.21 Å². The van der Waals surface area contributed by atoms with Crippen LogP contribution in [0.1, 0.15) is 10.5 Å². The number of H-pyrrole nitrogens is 1. The van der Waals surface area contributed by atoms with Gasteiger partial charge in [-0.1, -0.05) is 0 Å². The molecule has 112 valence electrons. The van der Waals surface area contributed by atoms with Gasteiger partial charge >= 0.3 is 0 Å². The number of nitrogens with zero attached hydrogens (tertiary/aromatic N) is 2. The zero-order chi connectivity index (χ0) is 15.5. The number of nitrogens with one attached hydrogen (secondary N) is 2. The SMILES string of the molecule is CN(C)c1ccc(NC(=O)c2cc(-c3ccco3)[nH]n2)cc1. The number of benzene rings is 1. The van der Waals surface area contributed by atoms with Gasteiger partial charge in [-0.2, -0.15) is 5.10 Å². The molecule has 0 aliphatic rings. The van der Waals surface area contributed by atoms with Gasteiger partial charge < -0.3 is 14.6 Å². The Hall–Kier alpha value is -3.02. The van der Waals surface area contributed by atoms with Gasteiger partial charge in [-0.3, -0.25) is 9.89 Å². The van der Waals surface area contributed by atoms with Gasteiger partial charge in [0.05, 0.1) is 6.26 Å². The van der Waals surface area contributed by atoms with E-state index in [0.29, 0.717) is 17.1 Å². The molecule has 3 rings (SSSR count). The van der Waals surface area contributed by atoms with E-state index in [9.17, 15) is 4.79 Å². The Morgan fingerprint density at radius 1 is 1.23 bits per heavy atom. The number of carbonyl (C=O) groups excluding carboxylic acids is 1. The predicted octanol–water partition coefficient (Wildman–Crippen LogP) is 2.99. The molecule has 1 aromatic carbocycles. The Labute approximate surface area is 127 Å². The zero-order valence-electron chi connectivity index (χ0n) is 12.3. The predicted molar refractivity (Wildman–Crippen MR) is 85.0 cm³/mol. The summed E-state index contributed by atoms with van der Waals surface area (Å²) < 4.78 is 5.26. The normalized spacial score (nSPS) is 10.5. The Bertz CT molecular complexity index is 758. The summed E-state index contributed by atoms with van der Waals surface area (Å²) in [6.45, 7) is 0. The van der Waals surface area contributed by atoms with Crippen LogP contribution < -0.4 is 10.2 Å². The van der Waals surface area contributed by atoms with Gasteiger partial charge in [-0.15, -0.1) is 0 Å². The monoisotopic (exact) mass is 296 g/mol. The van der Waals surface area contributed by atoms with E-state index in [1.54, 1.807) is 24.5 Å². The quantitative estimate of drug-likeness (QED) is 0.776. The Balaban J connectivity index is 1.72. The van der Waals surface area contributed by atoms with Crippen molar-refractivity contribution in [1.29, 1.82) is 0 Å². The number of hydrogen-bond acceptors (Lipinski definition) is 4. The second kappa shape index (κ2) is 5.77. The van der Waals surface area contributed by atoms with Crippen LogP contribution in [-0.2, 0) is 0 Å². The molecule has 6 heteroatoms. The van der Waals surface area contributed by atoms with E-state index in [1.807, 2.05) is 43.3 Å². The van der Waals surface area contributed by atoms with E-state index in [1.165, 1.54) is 0 Å². The zero-order valence-corrected chi connectivity index (χ0v) is 12.3. The lowest BCUT2D eigenvalue weighted by Gasteiger charge is -2.12. The maximum absolute atomic E-state index is 12.2. The van der Waals surface area contributed by atoms with E-state index in [0.717, 1.165) is 11.4 Å². The van der Waals surface area contributed by atoms with Crippen LogP contribution in [-0.4, -0.2) is 30.2 Å². The number of rotatable bonds is 4. The number of aromatic amines is 1. The number of amides is 1. The summed E-state index contributed by atoms with van der Waals surface area (Å²) in [6.07, 6.45) is 1.57. The molecule has 1 amide bonds. The van der Waals surface area contributed by atoms with Gasteiger partial charge in [0.25, 0.3) is 5.91 Å². The maximum Gasteiger partial charge on any atom is 0.276 e. The van der Waals surface area contributed by atoms with Gasteiger partial charge in [0.15, 0.2) is 11.5 Å². The molecule has 0 bridgehead atoms. The first-order valence-electron chi connectivity index (χ1n) is 6.81. The van der Waals surface area contributed by atoms with Crippen molar-refractivity contribution in [3.05, 3.63) is 54.4 Å². The molecule has 0 saturated heterocycles. The topological polar surface area (TPSA) is 74.2 Å². The van der Waals surface area contributed by atoms with Crippen LogP contribution >= 0.6 is 0 Å². The van der Waals surface area contributed by atoms with Crippen molar-refractivity contribution >= 4 is 17.3 Å². The van der Waals surface area contributed by atoms with Gasteiger partial charge in [0, 0.05) is 31.5 Å². The first kappa shape index (κ1) is 13.9. The molecule has 2 N–H and O–H groups in total. The highest BCUT2D eigenvalue weighted by molar-refractivity contribution is 6.03. The van der Waals surface area contributed by atoms with Crippen molar-refractivity contribution in [3.8, 4) is 11.5 Å². The standard InChI is InChI=1S/C16H16N4O2/c1-20(2)12-7-5-11(6-8-12)17-16(21)14-10-13(18-19-14)15-4-3-9-22-15/h3-10H,1-2H3,(H,17,21)(H,18,19). The first-order chi connectivity index (χ1) is 10.6. The molecule has 2 heterocycles. The molecule has 0 unspecified atom stereocenters. The molecule has 3 aromatic rings. The highest BCUT2D eigenvalue weighted by atomic mass is 16.3. The summed E-state index contributed by atoms with van der Waals surface area (Å²) >= 11 is 0. The van der Waals surface area contributed by atoms with Gasteiger partial charge in [-0.25, -0.2) is 0 Å². The molecule has 6 nitrogen and oxygen atoms in total. The average molecular weight is 296 g/mol. The van der Waals surface area contributed by atoms with Crippen LogP contribution in [0.4, 0.5) is 11.4 Å². The number of aromatic nitrogens is 2. The minimum absolute atomic E-state index is 0.272. The number of anilines is 2. The van der Waals surface area contributed by atoms with Crippen molar-refractivity contribution in [3.63, 3.8) is 0 Å². The van der Waals surface area contributed by atoms with E-state index in [2.05, 4.69) is 15.5 Å². The molecule has 0 atom stereocenters. The molecule has 0 spiro atoms. The van der Waals surface area contributed by atoms with Crippen molar-refractivity contribution in [2.45, 2.75) is 0 Å². The van der Waals surface area contributed by atoms with Crippen LogP contribution in [0.3, 0.4) is 0 Å². The third-order valence-electron chi connectivity index (χ3n) is 3.24. The molecular formula is C16H16N4O2. The molecule has 0 saturated carbocycles. The molecule has 22 heavy (non-hydrogen) atoms. The van der Waals surface area contributed by atoms with Crippen LogP contribution in [0.5, 0.6) is 0 Å². The minimum atomic E-state index is -0.272. The van der Waals surface area contributed by atoms with E-state index in [-0.39, 0.29) is 5.91 Å². The molecule has 0 fully saturated rings. The van der Waals surface area contributed by atoms with Crippen molar-refractivity contribution in [2.24, 2.45) is 0 Å². The van der Waals surface area contributed by atoms with Gasteiger partial charge in [-0.05, 0) is 36.4 Å². The summed E-state index contributed by atoms with van der Waals surface area (Å²) in [5, 5.41) is 9.61. The van der Waals surface area contributed by atoms with Crippen molar-refractivity contribution in [2.75, 3.05) is 24.3 Å². The number of carbonyl (C=O) groups is 1. The Morgan fingerprint density at radius 3 is 2.64 bits per heavy atom. The van der Waals surface area contributed by atoms with E-state index < -0.39 is 0 Å². The summed E-state index contributed by atoms with van der Waals surface area (Å²) in [6, 6.07) is 12.8. The minimum Gasteiger partial charge on any atom is -0.463 e. The third-order valence-corrected chi connectivity index (χ3v) is 3.24. The second-order valence-corrected chi connectivity index (χ2v) is 5.04. The smallest absolute Gasteiger partial charge is 0.276 e. The Kier molecular flexibility index (Phi) is 3.65. The summed E-state index contributed by atoms with van der Waals surface area (Å²) in [5.74, 6) is 0.369. The van der Waals surface area contributed by atoms with Gasteiger partial charge in [0.2, 0.25) is 0 Å². The average Bonchev–Trinajstić information content (AvgIpc) is 3.19. The molecule has 0 aliphatic heterocycles. The molecule has 0 aliphatic carbocycles. The van der Waals surface area contributed by atoms with E-state index >= 15 is 0 Å². The van der Waals surface area contributed by atoms with Crippen LogP contribution in [0.15, 0.2) is 53.1 Å². The summed E-state index contributed by atoms with van der Waals surface area (Å²) in [5.41, 5.74) is 2.76. The second-order valence-electron chi connectivity index (χ2n) is 5.04. The van der Waals surface area contributed by atoms with Gasteiger partial charge in [0.1, 0.15) is 5.69 Å².